The largest absolute Gasteiger partial charge is 0.328 e. The lowest BCUT2D eigenvalue weighted by Gasteiger charge is -2.02. The van der Waals surface area contributed by atoms with E-state index in [0.717, 1.165) is 18.5 Å². The van der Waals surface area contributed by atoms with Crippen LogP contribution in [0.3, 0.4) is 0 Å². The molecule has 0 spiro atoms. The summed E-state index contributed by atoms with van der Waals surface area (Å²) < 4.78 is 2.39. The molecule has 2 nitrogen and oxygen atoms in total. The van der Waals surface area contributed by atoms with Gasteiger partial charge in [-0.05, 0) is 25.0 Å². The molecular weight excluding hydrogens is 172 g/mol. The molecule has 0 saturated heterocycles. The molecule has 1 aliphatic heterocycles. The van der Waals surface area contributed by atoms with Crippen molar-refractivity contribution in [3.63, 3.8) is 0 Å². The van der Waals surface area contributed by atoms with Crippen LogP contribution in [0.1, 0.15) is 25.1 Å². The molecule has 2 aromatic rings. The first kappa shape index (κ1) is 8.04. The van der Waals surface area contributed by atoms with E-state index in [1.54, 1.807) is 0 Å². The number of benzene rings is 1. The Bertz CT molecular complexity index is 456. The number of hydrogen-bond acceptors (Lipinski definition) is 1. The van der Waals surface area contributed by atoms with Crippen molar-refractivity contribution >= 4 is 11.0 Å². The molecule has 72 valence electrons. The van der Waals surface area contributed by atoms with E-state index >= 15 is 0 Å². The predicted octanol–water partition coefficient (Wildman–Crippen LogP) is 2.76. The lowest BCUT2D eigenvalue weighted by atomic mass is 10.2. The molecule has 1 aliphatic rings. The molecule has 0 saturated carbocycles. The van der Waals surface area contributed by atoms with Crippen LogP contribution in [-0.4, -0.2) is 9.55 Å². The zero-order valence-corrected chi connectivity index (χ0v) is 8.24. The molecule has 0 unspecified atom stereocenters. The monoisotopic (exact) mass is 186 g/mol. The summed E-state index contributed by atoms with van der Waals surface area (Å²) in [5.41, 5.74) is 2.47. The zero-order chi connectivity index (χ0) is 9.38. The van der Waals surface area contributed by atoms with Gasteiger partial charge in [-0.15, -0.1) is 0 Å². The van der Waals surface area contributed by atoms with E-state index in [2.05, 4.69) is 33.8 Å². The third kappa shape index (κ3) is 1.14. The number of rotatable bonds is 0. The maximum atomic E-state index is 4.68. The summed E-state index contributed by atoms with van der Waals surface area (Å²) in [6.07, 6.45) is 5.09. The van der Waals surface area contributed by atoms with E-state index in [0.29, 0.717) is 0 Å². The van der Waals surface area contributed by atoms with Gasteiger partial charge < -0.3 is 4.57 Å². The highest BCUT2D eigenvalue weighted by atomic mass is 15.1. The minimum absolute atomic E-state index is 1.15. The van der Waals surface area contributed by atoms with Crippen LogP contribution in [0.4, 0.5) is 0 Å². The first-order chi connectivity index (χ1) is 6.95. The second-order valence-corrected chi connectivity index (χ2v) is 3.98. The standard InChI is InChI=1S/C12H14N2/c1-2-8-12-13-10-6-3-4-7-11(10)14(12)9-5-1/h3-4,6-7H,1-2,5,8-9H2. The highest BCUT2D eigenvalue weighted by Crippen LogP contribution is 2.21. The molecule has 0 atom stereocenters. The van der Waals surface area contributed by atoms with Crippen LogP contribution in [-0.2, 0) is 13.0 Å². The number of aryl methyl sites for hydroxylation is 2. The average molecular weight is 186 g/mol. The molecule has 2 heterocycles. The van der Waals surface area contributed by atoms with E-state index in [4.69, 9.17) is 0 Å². The predicted molar refractivity (Wildman–Crippen MR) is 57.3 cm³/mol. The molecule has 0 fully saturated rings. The van der Waals surface area contributed by atoms with Crippen molar-refractivity contribution in [3.05, 3.63) is 30.1 Å². The van der Waals surface area contributed by atoms with Crippen molar-refractivity contribution in [3.8, 4) is 0 Å². The van der Waals surface area contributed by atoms with E-state index < -0.39 is 0 Å². The summed E-state index contributed by atoms with van der Waals surface area (Å²) >= 11 is 0. The van der Waals surface area contributed by atoms with Crippen molar-refractivity contribution in [1.82, 2.24) is 9.55 Å². The topological polar surface area (TPSA) is 17.8 Å². The Morgan fingerprint density at radius 1 is 1.07 bits per heavy atom. The number of fused-ring (bicyclic) bond motifs is 3. The van der Waals surface area contributed by atoms with Crippen molar-refractivity contribution in [1.29, 1.82) is 0 Å². The van der Waals surface area contributed by atoms with E-state index in [1.165, 1.54) is 30.6 Å². The minimum Gasteiger partial charge on any atom is -0.328 e. The molecular formula is C12H14N2. The second-order valence-electron chi connectivity index (χ2n) is 3.98. The second kappa shape index (κ2) is 3.12. The lowest BCUT2D eigenvalue weighted by Crippen LogP contribution is -1.99. The minimum atomic E-state index is 1.15. The lowest BCUT2D eigenvalue weighted by molar-refractivity contribution is 0.647. The van der Waals surface area contributed by atoms with Crippen LogP contribution in [0.25, 0.3) is 11.0 Å². The maximum absolute atomic E-state index is 4.68. The summed E-state index contributed by atoms with van der Waals surface area (Å²) in [6.45, 7) is 1.15. The van der Waals surface area contributed by atoms with Crippen molar-refractivity contribution in [2.75, 3.05) is 0 Å². The molecule has 0 aliphatic carbocycles. The van der Waals surface area contributed by atoms with E-state index in [-0.39, 0.29) is 0 Å². The van der Waals surface area contributed by atoms with E-state index in [9.17, 15) is 0 Å². The van der Waals surface area contributed by atoms with Crippen LogP contribution >= 0.6 is 0 Å². The van der Waals surface area contributed by atoms with Gasteiger partial charge >= 0.3 is 0 Å². The van der Waals surface area contributed by atoms with Gasteiger partial charge in [-0.2, -0.15) is 0 Å². The quantitative estimate of drug-likeness (QED) is 0.618. The molecule has 0 amide bonds. The van der Waals surface area contributed by atoms with Crippen LogP contribution in [0.2, 0.25) is 0 Å². The summed E-state index contributed by atoms with van der Waals surface area (Å²) in [7, 11) is 0. The van der Waals surface area contributed by atoms with Gasteiger partial charge in [0, 0.05) is 13.0 Å². The Kier molecular flexibility index (Phi) is 1.79. The number of aromatic nitrogens is 2. The maximum Gasteiger partial charge on any atom is 0.109 e. The van der Waals surface area contributed by atoms with Gasteiger partial charge in [0.05, 0.1) is 11.0 Å². The third-order valence-electron chi connectivity index (χ3n) is 3.02. The normalized spacial score (nSPS) is 16.6. The summed E-state index contributed by atoms with van der Waals surface area (Å²) in [5, 5.41) is 0. The van der Waals surface area contributed by atoms with Crippen LogP contribution in [0.5, 0.6) is 0 Å². The number of imidazole rings is 1. The average Bonchev–Trinajstić information content (AvgIpc) is 2.42. The summed E-state index contributed by atoms with van der Waals surface area (Å²) in [5.74, 6) is 1.28. The molecule has 1 aromatic carbocycles. The smallest absolute Gasteiger partial charge is 0.109 e. The number of hydrogen-bond donors (Lipinski definition) is 0. The third-order valence-corrected chi connectivity index (χ3v) is 3.02. The molecule has 0 radical (unpaired) electrons. The Morgan fingerprint density at radius 3 is 3.00 bits per heavy atom. The van der Waals surface area contributed by atoms with Gasteiger partial charge in [0.2, 0.25) is 0 Å². The first-order valence-corrected chi connectivity index (χ1v) is 5.39. The Hall–Kier alpha value is -1.31. The Labute approximate surface area is 83.6 Å². The zero-order valence-electron chi connectivity index (χ0n) is 8.24. The van der Waals surface area contributed by atoms with Gasteiger partial charge in [-0.1, -0.05) is 18.6 Å². The van der Waals surface area contributed by atoms with Crippen LogP contribution in [0, 0.1) is 0 Å². The van der Waals surface area contributed by atoms with Crippen LogP contribution < -0.4 is 0 Å². The highest BCUT2D eigenvalue weighted by Gasteiger charge is 2.12. The van der Waals surface area contributed by atoms with Gasteiger partial charge in [0.15, 0.2) is 0 Å². The van der Waals surface area contributed by atoms with Gasteiger partial charge in [0.25, 0.3) is 0 Å². The Balaban J connectivity index is 2.24. The summed E-state index contributed by atoms with van der Waals surface area (Å²) in [6, 6.07) is 8.45. The molecule has 0 N–H and O–H groups in total. The molecule has 2 heteroatoms. The SMILES string of the molecule is c1ccc2c(c1)nc1n2CCCCC1. The molecule has 0 bridgehead atoms. The fourth-order valence-corrected chi connectivity index (χ4v) is 2.30. The Morgan fingerprint density at radius 2 is 2.00 bits per heavy atom. The molecule has 3 rings (SSSR count). The summed E-state index contributed by atoms with van der Waals surface area (Å²) in [4.78, 5) is 4.68. The van der Waals surface area contributed by atoms with Crippen molar-refractivity contribution in [2.45, 2.75) is 32.2 Å². The molecule has 1 aromatic heterocycles. The van der Waals surface area contributed by atoms with E-state index in [1.807, 2.05) is 0 Å². The molecule has 14 heavy (non-hydrogen) atoms. The van der Waals surface area contributed by atoms with Crippen molar-refractivity contribution < 1.29 is 0 Å². The van der Waals surface area contributed by atoms with Gasteiger partial charge in [-0.3, -0.25) is 0 Å². The van der Waals surface area contributed by atoms with Gasteiger partial charge in [-0.25, -0.2) is 4.98 Å². The highest BCUT2D eigenvalue weighted by molar-refractivity contribution is 5.75. The fourth-order valence-electron chi connectivity index (χ4n) is 2.30. The first-order valence-electron chi connectivity index (χ1n) is 5.39. The van der Waals surface area contributed by atoms with Crippen LogP contribution in [0.15, 0.2) is 24.3 Å². The van der Waals surface area contributed by atoms with Crippen molar-refractivity contribution in [2.24, 2.45) is 0 Å². The fraction of sp³-hybridized carbons (Fsp3) is 0.417. The number of para-hydroxylation sites is 2. The number of nitrogens with zero attached hydrogens (tertiary/aromatic N) is 2. The van der Waals surface area contributed by atoms with Gasteiger partial charge in [0.1, 0.15) is 5.82 Å².